The Labute approximate surface area is 85.9 Å². The molecule has 2 N–H and O–H groups in total. The molecular weight excluding hydrogens is 178 g/mol. The molecular formula is C11H21NO2. The van der Waals surface area contributed by atoms with Crippen molar-refractivity contribution in [3.63, 3.8) is 0 Å². The van der Waals surface area contributed by atoms with E-state index in [4.69, 9.17) is 5.11 Å². The average molecular weight is 199 g/mol. The van der Waals surface area contributed by atoms with E-state index in [1.807, 2.05) is 0 Å². The number of hydrogen-bond acceptors (Lipinski definition) is 2. The highest BCUT2D eigenvalue weighted by atomic mass is 16.4. The lowest BCUT2D eigenvalue weighted by Gasteiger charge is -2.40. The summed E-state index contributed by atoms with van der Waals surface area (Å²) >= 11 is 0. The van der Waals surface area contributed by atoms with Crippen molar-refractivity contribution in [2.24, 2.45) is 11.3 Å². The van der Waals surface area contributed by atoms with Crippen LogP contribution in [0.4, 0.5) is 0 Å². The molecule has 0 aromatic carbocycles. The summed E-state index contributed by atoms with van der Waals surface area (Å²) in [4.78, 5) is 10.8. The predicted octanol–water partition coefficient (Wildman–Crippen LogP) is 1.87. The van der Waals surface area contributed by atoms with Crippen LogP contribution in [0.15, 0.2) is 0 Å². The second-order valence-electron chi connectivity index (χ2n) is 5.38. The van der Waals surface area contributed by atoms with Crippen molar-refractivity contribution in [3.8, 4) is 0 Å². The van der Waals surface area contributed by atoms with Gasteiger partial charge in [0.05, 0.1) is 5.92 Å². The Kier molecular flexibility index (Phi) is 3.20. The zero-order valence-corrected chi connectivity index (χ0v) is 9.50. The topological polar surface area (TPSA) is 49.3 Å². The summed E-state index contributed by atoms with van der Waals surface area (Å²) in [5.74, 6) is -0.824. The smallest absolute Gasteiger partial charge is 0.308 e. The first-order valence-electron chi connectivity index (χ1n) is 5.31. The van der Waals surface area contributed by atoms with E-state index < -0.39 is 5.97 Å². The van der Waals surface area contributed by atoms with E-state index in [2.05, 4.69) is 33.0 Å². The lowest BCUT2D eigenvalue weighted by Crippen LogP contribution is -2.53. The number of carboxylic acids is 1. The number of carboxylic acid groups (broad SMARTS) is 1. The van der Waals surface area contributed by atoms with E-state index in [1.54, 1.807) is 0 Å². The molecule has 0 aliphatic heterocycles. The fraction of sp³-hybridized carbons (Fsp3) is 0.909. The zero-order valence-electron chi connectivity index (χ0n) is 9.50. The molecule has 1 rings (SSSR count). The lowest BCUT2D eigenvalue weighted by atomic mass is 9.77. The minimum Gasteiger partial charge on any atom is -0.481 e. The first-order chi connectivity index (χ1) is 6.32. The molecule has 3 nitrogen and oxygen atoms in total. The van der Waals surface area contributed by atoms with E-state index in [1.165, 1.54) is 0 Å². The molecule has 0 amide bonds. The predicted molar refractivity (Wildman–Crippen MR) is 56.2 cm³/mol. The summed E-state index contributed by atoms with van der Waals surface area (Å²) in [6.07, 6.45) is 1.82. The molecule has 0 aromatic heterocycles. The quantitative estimate of drug-likeness (QED) is 0.729. The standard InChI is InChI=1S/C11H21NO2/c1-7(11(2,3)4)12-9-6-5-8(9)10(13)14/h7-9,12H,5-6H2,1-4H3,(H,13,14). The van der Waals surface area contributed by atoms with Gasteiger partial charge in [-0.05, 0) is 25.2 Å². The average Bonchev–Trinajstić information content (AvgIpc) is 1.94. The van der Waals surface area contributed by atoms with Crippen LogP contribution in [0.5, 0.6) is 0 Å². The van der Waals surface area contributed by atoms with E-state index in [0.717, 1.165) is 12.8 Å². The van der Waals surface area contributed by atoms with Crippen LogP contribution in [-0.4, -0.2) is 23.2 Å². The third kappa shape index (κ3) is 2.47. The van der Waals surface area contributed by atoms with E-state index >= 15 is 0 Å². The Morgan fingerprint density at radius 2 is 2.00 bits per heavy atom. The molecule has 0 spiro atoms. The maximum Gasteiger partial charge on any atom is 0.308 e. The first-order valence-corrected chi connectivity index (χ1v) is 5.31. The summed E-state index contributed by atoms with van der Waals surface area (Å²) in [5.41, 5.74) is 0.193. The number of rotatable bonds is 3. The van der Waals surface area contributed by atoms with Crippen LogP contribution in [0.1, 0.15) is 40.5 Å². The Morgan fingerprint density at radius 1 is 1.43 bits per heavy atom. The van der Waals surface area contributed by atoms with E-state index in [-0.39, 0.29) is 17.4 Å². The monoisotopic (exact) mass is 199 g/mol. The van der Waals surface area contributed by atoms with Gasteiger partial charge in [-0.2, -0.15) is 0 Å². The summed E-state index contributed by atoms with van der Waals surface area (Å²) in [6, 6.07) is 0.538. The van der Waals surface area contributed by atoms with Crippen molar-refractivity contribution in [1.29, 1.82) is 0 Å². The van der Waals surface area contributed by atoms with Crippen LogP contribution in [0.3, 0.4) is 0 Å². The minimum atomic E-state index is -0.658. The molecule has 82 valence electrons. The molecule has 0 saturated heterocycles. The summed E-state index contributed by atoms with van der Waals surface area (Å²) in [6.45, 7) is 8.62. The molecule has 1 fully saturated rings. The Morgan fingerprint density at radius 3 is 2.29 bits per heavy atom. The number of aliphatic carboxylic acids is 1. The van der Waals surface area contributed by atoms with E-state index in [0.29, 0.717) is 6.04 Å². The van der Waals surface area contributed by atoms with Crippen molar-refractivity contribution in [2.45, 2.75) is 52.6 Å². The van der Waals surface area contributed by atoms with Crippen LogP contribution in [0, 0.1) is 11.3 Å². The summed E-state index contributed by atoms with van der Waals surface area (Å²) < 4.78 is 0. The highest BCUT2D eigenvalue weighted by Gasteiger charge is 2.38. The number of carbonyl (C=O) groups is 1. The second-order valence-corrected chi connectivity index (χ2v) is 5.38. The third-order valence-corrected chi connectivity index (χ3v) is 3.35. The second kappa shape index (κ2) is 3.89. The van der Waals surface area contributed by atoms with Crippen molar-refractivity contribution in [3.05, 3.63) is 0 Å². The summed E-state index contributed by atoms with van der Waals surface area (Å²) in [5, 5.41) is 12.3. The molecule has 3 atom stereocenters. The lowest BCUT2D eigenvalue weighted by molar-refractivity contribution is -0.146. The van der Waals surface area contributed by atoms with Crippen LogP contribution >= 0.6 is 0 Å². The van der Waals surface area contributed by atoms with Crippen LogP contribution in [-0.2, 0) is 4.79 Å². The molecule has 14 heavy (non-hydrogen) atoms. The summed E-state index contributed by atoms with van der Waals surface area (Å²) in [7, 11) is 0. The minimum absolute atomic E-state index is 0.167. The molecule has 0 heterocycles. The number of hydrogen-bond donors (Lipinski definition) is 2. The van der Waals surface area contributed by atoms with Crippen molar-refractivity contribution < 1.29 is 9.90 Å². The maximum absolute atomic E-state index is 10.8. The Hall–Kier alpha value is -0.570. The van der Waals surface area contributed by atoms with Gasteiger partial charge < -0.3 is 10.4 Å². The highest BCUT2D eigenvalue weighted by molar-refractivity contribution is 5.72. The normalized spacial score (nSPS) is 29.4. The third-order valence-electron chi connectivity index (χ3n) is 3.35. The first kappa shape index (κ1) is 11.5. The Bertz CT molecular complexity index is 220. The van der Waals surface area contributed by atoms with Crippen molar-refractivity contribution in [2.75, 3.05) is 0 Å². The molecule has 3 heteroatoms. The molecule has 0 radical (unpaired) electrons. The molecule has 1 aliphatic rings. The molecule has 0 bridgehead atoms. The van der Waals surface area contributed by atoms with Crippen LogP contribution in [0.25, 0.3) is 0 Å². The van der Waals surface area contributed by atoms with E-state index in [9.17, 15) is 4.79 Å². The van der Waals surface area contributed by atoms with Gasteiger partial charge in [-0.3, -0.25) is 4.79 Å². The van der Waals surface area contributed by atoms with Gasteiger partial charge in [0.25, 0.3) is 0 Å². The number of nitrogens with one attached hydrogen (secondary N) is 1. The maximum atomic E-state index is 10.8. The van der Waals surface area contributed by atoms with Gasteiger partial charge in [0.1, 0.15) is 0 Å². The van der Waals surface area contributed by atoms with Crippen molar-refractivity contribution >= 4 is 5.97 Å². The fourth-order valence-corrected chi connectivity index (χ4v) is 1.57. The van der Waals surface area contributed by atoms with Gasteiger partial charge in [0, 0.05) is 12.1 Å². The van der Waals surface area contributed by atoms with Gasteiger partial charge in [0.2, 0.25) is 0 Å². The van der Waals surface area contributed by atoms with Crippen LogP contribution in [0.2, 0.25) is 0 Å². The largest absolute Gasteiger partial charge is 0.481 e. The molecule has 1 saturated carbocycles. The van der Waals surface area contributed by atoms with Crippen molar-refractivity contribution in [1.82, 2.24) is 5.32 Å². The van der Waals surface area contributed by atoms with Gasteiger partial charge in [0.15, 0.2) is 0 Å². The van der Waals surface area contributed by atoms with Gasteiger partial charge >= 0.3 is 5.97 Å². The fourth-order valence-electron chi connectivity index (χ4n) is 1.57. The molecule has 0 aromatic rings. The van der Waals surface area contributed by atoms with Gasteiger partial charge in [-0.25, -0.2) is 0 Å². The van der Waals surface area contributed by atoms with Gasteiger partial charge in [-0.15, -0.1) is 0 Å². The molecule has 3 unspecified atom stereocenters. The SMILES string of the molecule is CC(NC1CCC1C(=O)O)C(C)(C)C. The highest BCUT2D eigenvalue weighted by Crippen LogP contribution is 2.30. The zero-order chi connectivity index (χ0) is 10.9. The van der Waals surface area contributed by atoms with Gasteiger partial charge in [-0.1, -0.05) is 20.8 Å². The molecule has 1 aliphatic carbocycles. The van der Waals surface area contributed by atoms with Crippen LogP contribution < -0.4 is 5.32 Å². The Balaban J connectivity index is 2.42.